The van der Waals surface area contributed by atoms with E-state index in [0.29, 0.717) is 31.6 Å². The van der Waals surface area contributed by atoms with Crippen molar-refractivity contribution in [1.29, 1.82) is 0 Å². The number of anilines is 1. The molecule has 0 radical (unpaired) electrons. The molecule has 0 bridgehead atoms. The van der Waals surface area contributed by atoms with Gasteiger partial charge in [0.25, 0.3) is 5.91 Å². The minimum atomic E-state index is -0.846. The SMILES string of the molecule is CCC1(CC)Oc2ccccc2N(CCCC(=O)O)C1=O. The summed E-state index contributed by atoms with van der Waals surface area (Å²) in [5.74, 6) is -0.228. The highest BCUT2D eigenvalue weighted by Crippen LogP contribution is 2.40. The number of para-hydroxylation sites is 2. The van der Waals surface area contributed by atoms with E-state index in [9.17, 15) is 9.59 Å². The van der Waals surface area contributed by atoms with Crippen molar-refractivity contribution in [3.63, 3.8) is 0 Å². The summed E-state index contributed by atoms with van der Waals surface area (Å²) in [6.07, 6.45) is 1.66. The Balaban J connectivity index is 2.31. The molecule has 0 aliphatic carbocycles. The lowest BCUT2D eigenvalue weighted by Crippen LogP contribution is -2.55. The lowest BCUT2D eigenvalue weighted by molar-refractivity contribution is -0.138. The molecule has 114 valence electrons. The maximum atomic E-state index is 12.8. The van der Waals surface area contributed by atoms with Crippen LogP contribution in [-0.4, -0.2) is 29.1 Å². The molecule has 1 aliphatic rings. The quantitative estimate of drug-likeness (QED) is 0.875. The third-order valence-corrected chi connectivity index (χ3v) is 4.01. The second-order valence-electron chi connectivity index (χ2n) is 5.23. The molecule has 0 fully saturated rings. The number of carboxylic acid groups (broad SMARTS) is 1. The Labute approximate surface area is 124 Å². The van der Waals surface area contributed by atoms with Crippen LogP contribution in [-0.2, 0) is 9.59 Å². The van der Waals surface area contributed by atoms with E-state index < -0.39 is 11.6 Å². The van der Waals surface area contributed by atoms with Crippen LogP contribution in [0.4, 0.5) is 5.69 Å². The van der Waals surface area contributed by atoms with E-state index in [4.69, 9.17) is 9.84 Å². The number of fused-ring (bicyclic) bond motifs is 1. The van der Waals surface area contributed by atoms with Gasteiger partial charge in [0.2, 0.25) is 0 Å². The van der Waals surface area contributed by atoms with E-state index in [1.807, 2.05) is 38.1 Å². The number of ether oxygens (including phenoxy) is 1. The van der Waals surface area contributed by atoms with Crippen LogP contribution in [0.25, 0.3) is 0 Å². The number of carboxylic acids is 1. The summed E-state index contributed by atoms with van der Waals surface area (Å²) in [5.41, 5.74) is -0.109. The Hall–Kier alpha value is -2.04. The predicted octanol–water partition coefficient (Wildman–Crippen LogP) is 2.84. The van der Waals surface area contributed by atoms with Crippen LogP contribution >= 0.6 is 0 Å². The van der Waals surface area contributed by atoms with E-state index >= 15 is 0 Å². The Morgan fingerprint density at radius 3 is 2.57 bits per heavy atom. The average Bonchev–Trinajstić information content (AvgIpc) is 2.49. The van der Waals surface area contributed by atoms with Crippen molar-refractivity contribution >= 4 is 17.6 Å². The minimum Gasteiger partial charge on any atom is -0.481 e. The molecule has 0 saturated carbocycles. The number of rotatable bonds is 6. The second kappa shape index (κ2) is 6.16. The van der Waals surface area contributed by atoms with Crippen molar-refractivity contribution < 1.29 is 19.4 Å². The number of aliphatic carboxylic acids is 1. The number of carbonyl (C=O) groups is 2. The number of benzene rings is 1. The zero-order valence-corrected chi connectivity index (χ0v) is 12.5. The molecule has 5 heteroatoms. The van der Waals surface area contributed by atoms with Crippen molar-refractivity contribution in [2.24, 2.45) is 0 Å². The summed E-state index contributed by atoms with van der Waals surface area (Å²) in [4.78, 5) is 25.2. The number of amides is 1. The standard InChI is InChI=1S/C16H21NO4/c1-3-16(4-2)15(20)17(11-7-10-14(18)19)12-8-5-6-9-13(12)21-16/h5-6,8-9H,3-4,7,10-11H2,1-2H3,(H,18,19). The van der Waals surface area contributed by atoms with Gasteiger partial charge in [-0.25, -0.2) is 0 Å². The lowest BCUT2D eigenvalue weighted by atomic mass is 9.92. The summed E-state index contributed by atoms with van der Waals surface area (Å²) in [6, 6.07) is 7.42. The lowest BCUT2D eigenvalue weighted by Gasteiger charge is -2.42. The van der Waals surface area contributed by atoms with Gasteiger partial charge in [-0.1, -0.05) is 26.0 Å². The molecule has 0 atom stereocenters. The molecule has 0 spiro atoms. The van der Waals surface area contributed by atoms with Crippen molar-refractivity contribution in [2.45, 2.75) is 45.1 Å². The molecule has 2 rings (SSSR count). The second-order valence-corrected chi connectivity index (χ2v) is 5.23. The van der Waals surface area contributed by atoms with E-state index in [0.717, 1.165) is 5.69 Å². The molecule has 0 aromatic heterocycles. The minimum absolute atomic E-state index is 0.0536. The van der Waals surface area contributed by atoms with Gasteiger partial charge in [-0.2, -0.15) is 0 Å². The summed E-state index contributed by atoms with van der Waals surface area (Å²) < 4.78 is 5.98. The van der Waals surface area contributed by atoms with Crippen LogP contribution in [0.3, 0.4) is 0 Å². The van der Waals surface area contributed by atoms with Crippen molar-refractivity contribution in [2.75, 3.05) is 11.4 Å². The Kier molecular flexibility index (Phi) is 4.50. The van der Waals surface area contributed by atoms with Gasteiger partial charge in [0.05, 0.1) is 5.69 Å². The zero-order valence-electron chi connectivity index (χ0n) is 12.5. The maximum Gasteiger partial charge on any atom is 0.303 e. The topological polar surface area (TPSA) is 66.8 Å². The predicted molar refractivity (Wildman–Crippen MR) is 79.6 cm³/mol. The molecule has 0 unspecified atom stereocenters. The largest absolute Gasteiger partial charge is 0.481 e. The van der Waals surface area contributed by atoms with E-state index in [2.05, 4.69) is 0 Å². The first-order chi connectivity index (χ1) is 10.0. The van der Waals surface area contributed by atoms with Gasteiger partial charge < -0.3 is 14.7 Å². The first-order valence-electron chi connectivity index (χ1n) is 7.36. The van der Waals surface area contributed by atoms with Gasteiger partial charge in [0.15, 0.2) is 5.60 Å². The number of nitrogens with zero attached hydrogens (tertiary/aromatic N) is 1. The molecule has 0 saturated heterocycles. The molecule has 1 heterocycles. The molecule has 5 nitrogen and oxygen atoms in total. The first kappa shape index (κ1) is 15.4. The van der Waals surface area contributed by atoms with Gasteiger partial charge >= 0.3 is 5.97 Å². The fourth-order valence-corrected chi connectivity index (χ4v) is 2.68. The molecule has 1 N–H and O–H groups in total. The Bertz CT molecular complexity index is 537. The number of hydrogen-bond acceptors (Lipinski definition) is 3. The zero-order chi connectivity index (χ0) is 15.5. The molecule has 1 aromatic carbocycles. The summed E-state index contributed by atoms with van der Waals surface area (Å²) in [6.45, 7) is 4.27. The maximum absolute atomic E-state index is 12.8. The normalized spacial score (nSPS) is 16.3. The monoisotopic (exact) mass is 291 g/mol. The van der Waals surface area contributed by atoms with Gasteiger partial charge in [-0.05, 0) is 31.4 Å². The fraction of sp³-hybridized carbons (Fsp3) is 0.500. The van der Waals surface area contributed by atoms with E-state index in [1.165, 1.54) is 0 Å². The molecule has 1 amide bonds. The summed E-state index contributed by atoms with van der Waals surface area (Å²) in [7, 11) is 0. The fourth-order valence-electron chi connectivity index (χ4n) is 2.68. The van der Waals surface area contributed by atoms with Crippen LogP contribution in [0.15, 0.2) is 24.3 Å². The van der Waals surface area contributed by atoms with Gasteiger partial charge in [-0.3, -0.25) is 9.59 Å². The third-order valence-electron chi connectivity index (χ3n) is 4.01. The van der Waals surface area contributed by atoms with Crippen LogP contribution < -0.4 is 9.64 Å². The van der Waals surface area contributed by atoms with E-state index in [1.54, 1.807) is 4.90 Å². The van der Waals surface area contributed by atoms with Crippen molar-refractivity contribution in [1.82, 2.24) is 0 Å². The first-order valence-corrected chi connectivity index (χ1v) is 7.36. The van der Waals surface area contributed by atoms with E-state index in [-0.39, 0.29) is 12.3 Å². The van der Waals surface area contributed by atoms with Gasteiger partial charge in [-0.15, -0.1) is 0 Å². The smallest absolute Gasteiger partial charge is 0.303 e. The molecular formula is C16H21NO4. The number of carbonyl (C=O) groups excluding carboxylic acids is 1. The molecule has 1 aromatic rings. The van der Waals surface area contributed by atoms with Crippen molar-refractivity contribution in [3.05, 3.63) is 24.3 Å². The van der Waals surface area contributed by atoms with Crippen LogP contribution in [0, 0.1) is 0 Å². The van der Waals surface area contributed by atoms with Crippen LogP contribution in [0.1, 0.15) is 39.5 Å². The van der Waals surface area contributed by atoms with Crippen molar-refractivity contribution in [3.8, 4) is 5.75 Å². The average molecular weight is 291 g/mol. The van der Waals surface area contributed by atoms with Gasteiger partial charge in [0, 0.05) is 13.0 Å². The Morgan fingerprint density at radius 2 is 1.95 bits per heavy atom. The summed E-state index contributed by atoms with van der Waals surface area (Å²) in [5, 5.41) is 8.77. The summed E-state index contributed by atoms with van der Waals surface area (Å²) >= 11 is 0. The van der Waals surface area contributed by atoms with Crippen LogP contribution in [0.5, 0.6) is 5.75 Å². The van der Waals surface area contributed by atoms with Crippen LogP contribution in [0.2, 0.25) is 0 Å². The molecule has 21 heavy (non-hydrogen) atoms. The molecular weight excluding hydrogens is 270 g/mol. The highest BCUT2D eigenvalue weighted by molar-refractivity contribution is 6.02. The highest BCUT2D eigenvalue weighted by atomic mass is 16.5. The molecule has 1 aliphatic heterocycles. The highest BCUT2D eigenvalue weighted by Gasteiger charge is 2.45. The number of hydrogen-bond donors (Lipinski definition) is 1. The third kappa shape index (κ3) is 2.86. The van der Waals surface area contributed by atoms with Gasteiger partial charge in [0.1, 0.15) is 5.75 Å². The Morgan fingerprint density at radius 1 is 1.29 bits per heavy atom.